The number of ether oxygens (including phenoxy) is 2. The molecule has 4 heteroatoms. The summed E-state index contributed by atoms with van der Waals surface area (Å²) in [6, 6.07) is 5.63. The van der Waals surface area contributed by atoms with Gasteiger partial charge in [-0.3, -0.25) is 4.79 Å². The van der Waals surface area contributed by atoms with Crippen LogP contribution in [0.25, 0.3) is 0 Å². The van der Waals surface area contributed by atoms with Crippen LogP contribution in [0.4, 0.5) is 0 Å². The van der Waals surface area contributed by atoms with Gasteiger partial charge in [0.05, 0.1) is 14.2 Å². The van der Waals surface area contributed by atoms with Gasteiger partial charge >= 0.3 is 0 Å². The predicted molar refractivity (Wildman–Crippen MR) is 61.7 cm³/mol. The minimum absolute atomic E-state index is 0.0184. The van der Waals surface area contributed by atoms with E-state index in [0.717, 1.165) is 5.56 Å². The molecule has 0 saturated carbocycles. The summed E-state index contributed by atoms with van der Waals surface area (Å²) >= 11 is 0. The van der Waals surface area contributed by atoms with Gasteiger partial charge in [-0.15, -0.1) is 0 Å². The molecule has 0 bridgehead atoms. The fourth-order valence-electron chi connectivity index (χ4n) is 1.45. The highest BCUT2D eigenvalue weighted by molar-refractivity contribution is 5.73. The monoisotopic (exact) mass is 223 g/mol. The maximum Gasteiger partial charge on any atom is 0.219 e. The molecular formula is C12H17NO3. The lowest BCUT2D eigenvalue weighted by molar-refractivity contribution is -0.128. The number of carbonyl (C=O) groups is 1. The van der Waals surface area contributed by atoms with Crippen LogP contribution >= 0.6 is 0 Å². The highest BCUT2D eigenvalue weighted by atomic mass is 16.5. The highest BCUT2D eigenvalue weighted by Gasteiger charge is 2.12. The number of rotatable bonds is 4. The first kappa shape index (κ1) is 12.4. The van der Waals surface area contributed by atoms with Gasteiger partial charge in [0.25, 0.3) is 0 Å². The summed E-state index contributed by atoms with van der Waals surface area (Å²) in [5.41, 5.74) is 0.930. The zero-order valence-corrected chi connectivity index (χ0v) is 10.1. The summed E-state index contributed by atoms with van der Waals surface area (Å²) in [6.45, 7) is 2.04. The minimum Gasteiger partial charge on any atom is -0.493 e. The van der Waals surface area contributed by atoms with Gasteiger partial charge in [0.15, 0.2) is 11.5 Å². The number of benzene rings is 1. The third-order valence-corrected chi connectivity index (χ3v) is 2.43. The van der Waals surface area contributed by atoms with Crippen LogP contribution < -0.4 is 9.47 Å². The number of carbonyl (C=O) groups excluding carboxylic acids is 1. The van der Waals surface area contributed by atoms with Gasteiger partial charge in [-0.2, -0.15) is 0 Å². The summed E-state index contributed by atoms with van der Waals surface area (Å²) in [7, 11) is 4.94. The third-order valence-electron chi connectivity index (χ3n) is 2.43. The van der Waals surface area contributed by atoms with Crippen LogP contribution in [0.3, 0.4) is 0 Å². The van der Waals surface area contributed by atoms with Crippen LogP contribution in [0.15, 0.2) is 18.2 Å². The number of nitrogens with zero attached hydrogens (tertiary/aromatic N) is 1. The molecule has 0 aliphatic carbocycles. The van der Waals surface area contributed by atoms with Gasteiger partial charge in [0, 0.05) is 26.1 Å². The molecule has 0 spiro atoms. The van der Waals surface area contributed by atoms with E-state index in [9.17, 15) is 4.79 Å². The van der Waals surface area contributed by atoms with E-state index in [2.05, 4.69) is 0 Å². The molecule has 0 heterocycles. The predicted octanol–water partition coefficient (Wildman–Crippen LogP) is 1.68. The molecule has 0 atom stereocenters. The second-order valence-electron chi connectivity index (χ2n) is 3.53. The molecule has 0 aromatic heterocycles. The zero-order valence-electron chi connectivity index (χ0n) is 10.1. The highest BCUT2D eigenvalue weighted by Crippen LogP contribution is 2.31. The lowest BCUT2D eigenvalue weighted by Crippen LogP contribution is -2.23. The SMILES string of the molecule is COc1cccc(CN(C)C(C)=O)c1OC. The zero-order chi connectivity index (χ0) is 12.1. The van der Waals surface area contributed by atoms with Crippen molar-refractivity contribution in [1.82, 2.24) is 4.90 Å². The molecule has 4 nitrogen and oxygen atoms in total. The van der Waals surface area contributed by atoms with E-state index in [-0.39, 0.29) is 5.91 Å². The average molecular weight is 223 g/mol. The maximum atomic E-state index is 11.2. The van der Waals surface area contributed by atoms with Crippen LogP contribution in [0, 0.1) is 0 Å². The summed E-state index contributed by atoms with van der Waals surface area (Å²) < 4.78 is 10.5. The number of para-hydroxylation sites is 1. The largest absolute Gasteiger partial charge is 0.493 e. The van der Waals surface area contributed by atoms with Crippen molar-refractivity contribution < 1.29 is 14.3 Å². The van der Waals surface area contributed by atoms with Crippen LogP contribution in [-0.4, -0.2) is 32.1 Å². The van der Waals surface area contributed by atoms with Crippen LogP contribution in [0.2, 0.25) is 0 Å². The Bertz CT molecular complexity index is 377. The van der Waals surface area contributed by atoms with Crippen molar-refractivity contribution in [3.63, 3.8) is 0 Å². The first-order valence-electron chi connectivity index (χ1n) is 5.01. The van der Waals surface area contributed by atoms with Crippen LogP contribution in [0.5, 0.6) is 11.5 Å². The third kappa shape index (κ3) is 2.66. The molecule has 0 fully saturated rings. The van der Waals surface area contributed by atoms with Crippen molar-refractivity contribution in [2.75, 3.05) is 21.3 Å². The van der Waals surface area contributed by atoms with Gasteiger partial charge < -0.3 is 14.4 Å². The fraction of sp³-hybridized carbons (Fsp3) is 0.417. The normalized spacial score (nSPS) is 9.75. The van der Waals surface area contributed by atoms with Gasteiger partial charge in [0.2, 0.25) is 5.91 Å². The van der Waals surface area contributed by atoms with Crippen molar-refractivity contribution >= 4 is 5.91 Å². The molecule has 0 unspecified atom stereocenters. The summed E-state index contributed by atoms with van der Waals surface area (Å²) in [4.78, 5) is 12.8. The molecule has 0 N–H and O–H groups in total. The number of methoxy groups -OCH3 is 2. The number of amides is 1. The lowest BCUT2D eigenvalue weighted by Gasteiger charge is -2.18. The number of hydrogen-bond donors (Lipinski definition) is 0. The minimum atomic E-state index is 0.0184. The van der Waals surface area contributed by atoms with Crippen LogP contribution in [-0.2, 0) is 11.3 Å². The topological polar surface area (TPSA) is 38.8 Å². The molecule has 0 radical (unpaired) electrons. The van der Waals surface area contributed by atoms with E-state index >= 15 is 0 Å². The lowest BCUT2D eigenvalue weighted by atomic mass is 10.1. The first-order valence-corrected chi connectivity index (χ1v) is 5.01. The molecule has 88 valence electrons. The van der Waals surface area contributed by atoms with Crippen molar-refractivity contribution in [2.45, 2.75) is 13.5 Å². The number of hydrogen-bond acceptors (Lipinski definition) is 3. The van der Waals surface area contributed by atoms with Crippen molar-refractivity contribution in [1.29, 1.82) is 0 Å². The molecule has 0 aliphatic heterocycles. The maximum absolute atomic E-state index is 11.2. The Morgan fingerprint density at radius 1 is 1.31 bits per heavy atom. The Hall–Kier alpha value is -1.71. The van der Waals surface area contributed by atoms with E-state index in [1.165, 1.54) is 6.92 Å². The fourth-order valence-corrected chi connectivity index (χ4v) is 1.45. The molecule has 1 aromatic carbocycles. The van der Waals surface area contributed by atoms with E-state index in [1.54, 1.807) is 26.2 Å². The quantitative estimate of drug-likeness (QED) is 0.779. The van der Waals surface area contributed by atoms with E-state index in [1.807, 2.05) is 18.2 Å². The second kappa shape index (κ2) is 5.39. The van der Waals surface area contributed by atoms with Crippen molar-refractivity contribution in [3.05, 3.63) is 23.8 Å². The summed E-state index contributed by atoms with van der Waals surface area (Å²) in [6.07, 6.45) is 0. The van der Waals surface area contributed by atoms with Crippen molar-refractivity contribution in [2.24, 2.45) is 0 Å². The summed E-state index contributed by atoms with van der Waals surface area (Å²) in [5, 5.41) is 0. The van der Waals surface area contributed by atoms with Crippen LogP contribution in [0.1, 0.15) is 12.5 Å². The molecule has 1 amide bonds. The van der Waals surface area contributed by atoms with E-state index < -0.39 is 0 Å². The Morgan fingerprint density at radius 2 is 2.00 bits per heavy atom. The van der Waals surface area contributed by atoms with Gasteiger partial charge in [-0.25, -0.2) is 0 Å². The Kier molecular flexibility index (Phi) is 4.17. The van der Waals surface area contributed by atoms with E-state index in [0.29, 0.717) is 18.0 Å². The van der Waals surface area contributed by atoms with Gasteiger partial charge in [-0.05, 0) is 6.07 Å². The smallest absolute Gasteiger partial charge is 0.219 e. The molecule has 16 heavy (non-hydrogen) atoms. The first-order chi connectivity index (χ1) is 7.60. The van der Waals surface area contributed by atoms with Gasteiger partial charge in [0.1, 0.15) is 0 Å². The Balaban J connectivity index is 2.99. The molecule has 0 aliphatic rings. The molecule has 1 rings (SSSR count). The van der Waals surface area contributed by atoms with E-state index in [4.69, 9.17) is 9.47 Å². The second-order valence-corrected chi connectivity index (χ2v) is 3.53. The molecule has 1 aromatic rings. The molecular weight excluding hydrogens is 206 g/mol. The summed E-state index contributed by atoms with van der Waals surface area (Å²) in [5.74, 6) is 1.37. The van der Waals surface area contributed by atoms with Crippen molar-refractivity contribution in [3.8, 4) is 11.5 Å². The van der Waals surface area contributed by atoms with Gasteiger partial charge in [-0.1, -0.05) is 12.1 Å². The Morgan fingerprint density at radius 3 is 2.50 bits per heavy atom. The Labute approximate surface area is 95.8 Å². The standard InChI is InChI=1S/C12H17NO3/c1-9(14)13(2)8-10-6-5-7-11(15-3)12(10)16-4/h5-7H,8H2,1-4H3. The average Bonchev–Trinajstić information content (AvgIpc) is 2.28. The molecule has 0 saturated heterocycles.